The van der Waals surface area contributed by atoms with Crippen molar-refractivity contribution in [2.45, 2.75) is 48.0 Å². The van der Waals surface area contributed by atoms with Gasteiger partial charge in [0.1, 0.15) is 0 Å². The molecule has 1 aliphatic rings. The van der Waals surface area contributed by atoms with Crippen molar-refractivity contribution in [3.8, 4) is 0 Å². The Hall–Kier alpha value is 0. The SMILES string of the molecule is CC1CC1C(C)C(C)(C)C(C)C. The predicted molar refractivity (Wildman–Crippen MR) is 55.1 cm³/mol. The minimum absolute atomic E-state index is 0.523. The Morgan fingerprint density at radius 3 is 1.83 bits per heavy atom. The van der Waals surface area contributed by atoms with Crippen LogP contribution in [0.3, 0.4) is 0 Å². The zero-order valence-corrected chi connectivity index (χ0v) is 9.52. The van der Waals surface area contributed by atoms with Gasteiger partial charge in [-0.25, -0.2) is 0 Å². The smallest absolute Gasteiger partial charge is 0.0303 e. The standard InChI is InChI=1S/C12H24/c1-8(2)12(5,6)10(4)11-7-9(11)3/h8-11H,7H2,1-6H3. The monoisotopic (exact) mass is 168 g/mol. The zero-order valence-electron chi connectivity index (χ0n) is 9.52. The number of hydrogen-bond donors (Lipinski definition) is 0. The van der Waals surface area contributed by atoms with Crippen LogP contribution in [0.4, 0.5) is 0 Å². The Labute approximate surface area is 77.7 Å². The van der Waals surface area contributed by atoms with E-state index in [0.29, 0.717) is 5.41 Å². The third-order valence-corrected chi connectivity index (χ3v) is 4.48. The molecule has 1 aliphatic carbocycles. The highest BCUT2D eigenvalue weighted by atomic mass is 14.5. The fraction of sp³-hybridized carbons (Fsp3) is 1.00. The van der Waals surface area contributed by atoms with Crippen molar-refractivity contribution in [3.63, 3.8) is 0 Å². The van der Waals surface area contributed by atoms with Crippen molar-refractivity contribution >= 4 is 0 Å². The van der Waals surface area contributed by atoms with Gasteiger partial charge in [0, 0.05) is 0 Å². The summed E-state index contributed by atoms with van der Waals surface area (Å²) in [5.74, 6) is 3.72. The van der Waals surface area contributed by atoms with Gasteiger partial charge in [-0.05, 0) is 35.5 Å². The average Bonchev–Trinajstić information content (AvgIpc) is 2.65. The quantitative estimate of drug-likeness (QED) is 0.598. The van der Waals surface area contributed by atoms with Gasteiger partial charge in [0.25, 0.3) is 0 Å². The first-order valence-electron chi connectivity index (χ1n) is 5.37. The second kappa shape index (κ2) is 3.05. The van der Waals surface area contributed by atoms with E-state index < -0.39 is 0 Å². The van der Waals surface area contributed by atoms with Gasteiger partial charge in [0.15, 0.2) is 0 Å². The van der Waals surface area contributed by atoms with Crippen molar-refractivity contribution < 1.29 is 0 Å². The molecule has 0 heterocycles. The highest BCUT2D eigenvalue weighted by molar-refractivity contribution is 4.93. The average molecular weight is 168 g/mol. The van der Waals surface area contributed by atoms with Crippen LogP contribution in [0.2, 0.25) is 0 Å². The highest BCUT2D eigenvalue weighted by Gasteiger charge is 2.44. The van der Waals surface area contributed by atoms with Gasteiger partial charge in [-0.1, -0.05) is 41.5 Å². The molecule has 0 saturated heterocycles. The molecule has 0 aliphatic heterocycles. The molecule has 0 heteroatoms. The van der Waals surface area contributed by atoms with Crippen molar-refractivity contribution in [1.82, 2.24) is 0 Å². The maximum Gasteiger partial charge on any atom is -0.0303 e. The summed E-state index contributed by atoms with van der Waals surface area (Å²) in [4.78, 5) is 0. The third kappa shape index (κ3) is 1.67. The van der Waals surface area contributed by atoms with Crippen LogP contribution < -0.4 is 0 Å². The van der Waals surface area contributed by atoms with Gasteiger partial charge in [0.05, 0.1) is 0 Å². The summed E-state index contributed by atoms with van der Waals surface area (Å²) in [6.07, 6.45) is 1.47. The van der Waals surface area contributed by atoms with Crippen LogP contribution >= 0.6 is 0 Å². The van der Waals surface area contributed by atoms with E-state index in [2.05, 4.69) is 41.5 Å². The molecule has 0 N–H and O–H groups in total. The number of rotatable bonds is 3. The van der Waals surface area contributed by atoms with Crippen molar-refractivity contribution in [2.24, 2.45) is 29.1 Å². The second-order valence-electron chi connectivity index (χ2n) is 5.64. The van der Waals surface area contributed by atoms with Gasteiger partial charge >= 0.3 is 0 Å². The van der Waals surface area contributed by atoms with Crippen LogP contribution in [0.1, 0.15) is 48.0 Å². The second-order valence-corrected chi connectivity index (χ2v) is 5.64. The third-order valence-electron chi connectivity index (χ3n) is 4.48. The molecular formula is C12H24. The molecule has 12 heavy (non-hydrogen) atoms. The van der Waals surface area contributed by atoms with Crippen LogP contribution in [0.15, 0.2) is 0 Å². The largest absolute Gasteiger partial charge is 0.0623 e. The van der Waals surface area contributed by atoms with E-state index >= 15 is 0 Å². The summed E-state index contributed by atoms with van der Waals surface area (Å²) < 4.78 is 0. The molecule has 1 saturated carbocycles. The molecule has 3 unspecified atom stereocenters. The fourth-order valence-corrected chi connectivity index (χ4v) is 2.13. The van der Waals surface area contributed by atoms with Crippen molar-refractivity contribution in [3.05, 3.63) is 0 Å². The van der Waals surface area contributed by atoms with E-state index in [0.717, 1.165) is 23.7 Å². The Kier molecular flexibility index (Phi) is 2.56. The first kappa shape index (κ1) is 10.1. The molecule has 0 aromatic rings. The molecule has 72 valence electrons. The Morgan fingerprint density at radius 2 is 1.58 bits per heavy atom. The molecule has 0 nitrogen and oxygen atoms in total. The molecule has 0 bridgehead atoms. The van der Waals surface area contributed by atoms with E-state index in [1.807, 2.05) is 0 Å². The molecule has 0 aromatic heterocycles. The van der Waals surface area contributed by atoms with Crippen LogP contribution in [0.5, 0.6) is 0 Å². The van der Waals surface area contributed by atoms with Gasteiger partial charge in [-0.15, -0.1) is 0 Å². The van der Waals surface area contributed by atoms with Gasteiger partial charge in [-0.3, -0.25) is 0 Å². The lowest BCUT2D eigenvalue weighted by Crippen LogP contribution is -2.29. The summed E-state index contributed by atoms with van der Waals surface area (Å²) in [7, 11) is 0. The van der Waals surface area contributed by atoms with Gasteiger partial charge in [-0.2, -0.15) is 0 Å². The Bertz CT molecular complexity index is 155. The fourth-order valence-electron chi connectivity index (χ4n) is 2.13. The van der Waals surface area contributed by atoms with Gasteiger partial charge in [0.2, 0.25) is 0 Å². The Morgan fingerprint density at radius 1 is 1.17 bits per heavy atom. The maximum atomic E-state index is 2.44. The minimum Gasteiger partial charge on any atom is -0.0623 e. The minimum atomic E-state index is 0.523. The number of hydrogen-bond acceptors (Lipinski definition) is 0. The zero-order chi connectivity index (χ0) is 9.52. The lowest BCUT2D eigenvalue weighted by molar-refractivity contribution is 0.129. The highest BCUT2D eigenvalue weighted by Crippen LogP contribution is 2.52. The van der Waals surface area contributed by atoms with Crippen molar-refractivity contribution in [1.29, 1.82) is 0 Å². The lowest BCUT2D eigenvalue weighted by Gasteiger charge is -2.36. The molecule has 1 fully saturated rings. The summed E-state index contributed by atoms with van der Waals surface area (Å²) in [6, 6.07) is 0. The molecular weight excluding hydrogens is 144 g/mol. The Balaban J connectivity index is 2.56. The van der Waals surface area contributed by atoms with Crippen LogP contribution in [0, 0.1) is 29.1 Å². The first-order valence-corrected chi connectivity index (χ1v) is 5.37. The molecule has 0 radical (unpaired) electrons. The molecule has 0 amide bonds. The summed E-state index contributed by atoms with van der Waals surface area (Å²) in [5, 5.41) is 0. The molecule has 1 rings (SSSR count). The van der Waals surface area contributed by atoms with E-state index in [-0.39, 0.29) is 0 Å². The molecule has 0 spiro atoms. The summed E-state index contributed by atoms with van der Waals surface area (Å²) in [6.45, 7) is 14.4. The van der Waals surface area contributed by atoms with E-state index in [9.17, 15) is 0 Å². The predicted octanol–water partition coefficient (Wildman–Crippen LogP) is 3.96. The van der Waals surface area contributed by atoms with E-state index in [1.54, 1.807) is 0 Å². The summed E-state index contributed by atoms with van der Waals surface area (Å²) >= 11 is 0. The van der Waals surface area contributed by atoms with E-state index in [4.69, 9.17) is 0 Å². The van der Waals surface area contributed by atoms with Crippen LogP contribution in [0.25, 0.3) is 0 Å². The normalized spacial score (nSPS) is 32.2. The van der Waals surface area contributed by atoms with Crippen molar-refractivity contribution in [2.75, 3.05) is 0 Å². The van der Waals surface area contributed by atoms with Crippen LogP contribution in [-0.4, -0.2) is 0 Å². The first-order chi connectivity index (χ1) is 5.37. The molecule has 3 atom stereocenters. The van der Waals surface area contributed by atoms with E-state index in [1.165, 1.54) is 6.42 Å². The molecule has 0 aromatic carbocycles. The maximum absolute atomic E-state index is 2.44. The van der Waals surface area contributed by atoms with Gasteiger partial charge < -0.3 is 0 Å². The van der Waals surface area contributed by atoms with Crippen LogP contribution in [-0.2, 0) is 0 Å². The summed E-state index contributed by atoms with van der Waals surface area (Å²) in [5.41, 5.74) is 0.523. The lowest BCUT2D eigenvalue weighted by atomic mass is 9.69. The topological polar surface area (TPSA) is 0 Å².